The molecule has 0 unspecified atom stereocenters. The van der Waals surface area contributed by atoms with Crippen LogP contribution in [0.3, 0.4) is 0 Å². The van der Waals surface area contributed by atoms with E-state index in [1.165, 1.54) is 6.07 Å². The maximum Gasteiger partial charge on any atom is 0.305 e. The molecule has 142 valence electrons. The van der Waals surface area contributed by atoms with E-state index in [-0.39, 0.29) is 25.2 Å². The third-order valence-corrected chi connectivity index (χ3v) is 3.67. The van der Waals surface area contributed by atoms with E-state index < -0.39 is 34.3 Å². The Morgan fingerprint density at radius 3 is 2.52 bits per heavy atom. The van der Waals surface area contributed by atoms with Gasteiger partial charge in [-0.15, -0.1) is 0 Å². The van der Waals surface area contributed by atoms with Gasteiger partial charge in [-0.25, -0.2) is 0 Å². The molecule has 8 nitrogen and oxygen atoms in total. The standard InChI is InChI=1S/C18H18FN3O5/c19-14-7-6-13(9-16(14)22(25)26)8-15(18(20)24)21-17(23)11-27-10-12-4-2-1-3-5-12/h1-7,9,15H,8,10-11H2,(H2,20,24)(H,21,23)/t15-/m1/s1. The van der Waals surface area contributed by atoms with Crippen LogP contribution in [0.2, 0.25) is 0 Å². The number of nitrogens with one attached hydrogen (secondary N) is 1. The predicted octanol–water partition coefficient (Wildman–Crippen LogP) is 1.46. The fraction of sp³-hybridized carbons (Fsp3) is 0.222. The van der Waals surface area contributed by atoms with Crippen LogP contribution in [-0.4, -0.2) is 29.4 Å². The highest BCUT2D eigenvalue weighted by molar-refractivity contribution is 5.87. The van der Waals surface area contributed by atoms with E-state index in [1.54, 1.807) is 0 Å². The summed E-state index contributed by atoms with van der Waals surface area (Å²) in [7, 11) is 0. The minimum absolute atomic E-state index is 0.110. The van der Waals surface area contributed by atoms with Crippen LogP contribution in [0.1, 0.15) is 11.1 Å². The smallest absolute Gasteiger partial charge is 0.305 e. The van der Waals surface area contributed by atoms with E-state index in [9.17, 15) is 24.1 Å². The Morgan fingerprint density at radius 1 is 1.19 bits per heavy atom. The highest BCUT2D eigenvalue weighted by atomic mass is 19.1. The minimum atomic E-state index is -1.11. The zero-order valence-electron chi connectivity index (χ0n) is 14.3. The summed E-state index contributed by atoms with van der Waals surface area (Å²) in [6.07, 6.45) is -0.110. The molecule has 0 saturated heterocycles. The largest absolute Gasteiger partial charge is 0.368 e. The number of hydrogen-bond acceptors (Lipinski definition) is 5. The lowest BCUT2D eigenvalue weighted by molar-refractivity contribution is -0.387. The lowest BCUT2D eigenvalue weighted by Crippen LogP contribution is -2.47. The molecule has 0 aliphatic rings. The topological polar surface area (TPSA) is 125 Å². The zero-order chi connectivity index (χ0) is 19.8. The quantitative estimate of drug-likeness (QED) is 0.507. The van der Waals surface area contributed by atoms with Crippen molar-refractivity contribution in [3.63, 3.8) is 0 Å². The summed E-state index contributed by atoms with van der Waals surface area (Å²) in [5.41, 5.74) is 5.74. The van der Waals surface area contributed by atoms with Gasteiger partial charge in [0.25, 0.3) is 0 Å². The second-order valence-electron chi connectivity index (χ2n) is 5.75. The molecule has 2 amide bonds. The van der Waals surface area contributed by atoms with Crippen molar-refractivity contribution >= 4 is 17.5 Å². The number of primary amides is 1. The number of ether oxygens (including phenoxy) is 1. The van der Waals surface area contributed by atoms with Gasteiger partial charge in [-0.3, -0.25) is 19.7 Å². The third-order valence-electron chi connectivity index (χ3n) is 3.67. The normalized spacial score (nSPS) is 11.6. The summed E-state index contributed by atoms with van der Waals surface area (Å²) < 4.78 is 18.7. The first kappa shape index (κ1) is 20.0. The molecule has 0 fully saturated rings. The number of rotatable bonds is 9. The molecule has 3 N–H and O–H groups in total. The van der Waals surface area contributed by atoms with Crippen LogP contribution < -0.4 is 11.1 Å². The summed E-state index contributed by atoms with van der Waals surface area (Å²) in [6.45, 7) is -0.0676. The van der Waals surface area contributed by atoms with Gasteiger partial charge in [0.1, 0.15) is 12.6 Å². The van der Waals surface area contributed by atoms with Crippen molar-refractivity contribution in [2.45, 2.75) is 19.1 Å². The fourth-order valence-electron chi connectivity index (χ4n) is 2.36. The van der Waals surface area contributed by atoms with E-state index in [0.717, 1.165) is 17.7 Å². The summed E-state index contributed by atoms with van der Waals surface area (Å²) >= 11 is 0. The van der Waals surface area contributed by atoms with Crippen LogP contribution in [0.25, 0.3) is 0 Å². The molecule has 2 aromatic rings. The van der Waals surface area contributed by atoms with E-state index in [0.29, 0.717) is 0 Å². The summed E-state index contributed by atoms with van der Waals surface area (Å²) in [6, 6.07) is 11.3. The van der Waals surface area contributed by atoms with Crippen molar-refractivity contribution in [1.29, 1.82) is 0 Å². The molecule has 27 heavy (non-hydrogen) atoms. The number of nitrogens with zero attached hydrogens (tertiary/aromatic N) is 1. The zero-order valence-corrected chi connectivity index (χ0v) is 14.3. The molecule has 0 saturated carbocycles. The highest BCUT2D eigenvalue weighted by Crippen LogP contribution is 2.19. The van der Waals surface area contributed by atoms with Gasteiger partial charge in [0.15, 0.2) is 0 Å². The van der Waals surface area contributed by atoms with Crippen molar-refractivity contribution in [1.82, 2.24) is 5.32 Å². The number of benzene rings is 2. The Hall–Kier alpha value is -3.33. The van der Waals surface area contributed by atoms with E-state index in [4.69, 9.17) is 10.5 Å². The summed E-state index contributed by atoms with van der Waals surface area (Å²) in [4.78, 5) is 33.5. The number of halogens is 1. The van der Waals surface area contributed by atoms with Gasteiger partial charge in [0.05, 0.1) is 11.5 Å². The van der Waals surface area contributed by atoms with Gasteiger partial charge in [0.2, 0.25) is 17.6 Å². The maximum atomic E-state index is 13.4. The average Bonchev–Trinajstić information content (AvgIpc) is 2.63. The second kappa shape index (κ2) is 9.39. The van der Waals surface area contributed by atoms with Crippen molar-refractivity contribution in [3.05, 3.63) is 75.6 Å². The van der Waals surface area contributed by atoms with Gasteiger partial charge >= 0.3 is 5.69 Å². The molecular weight excluding hydrogens is 357 g/mol. The lowest BCUT2D eigenvalue weighted by Gasteiger charge is -2.15. The van der Waals surface area contributed by atoms with Gasteiger partial charge in [-0.2, -0.15) is 4.39 Å². The van der Waals surface area contributed by atoms with Crippen LogP contribution >= 0.6 is 0 Å². The first-order chi connectivity index (χ1) is 12.9. The maximum absolute atomic E-state index is 13.4. The molecule has 0 radical (unpaired) electrons. The number of carbonyl (C=O) groups is 2. The molecule has 2 aromatic carbocycles. The molecule has 9 heteroatoms. The Bertz CT molecular complexity index is 829. The van der Waals surface area contributed by atoms with Crippen molar-refractivity contribution in [3.8, 4) is 0 Å². The molecule has 2 rings (SSSR count). The SMILES string of the molecule is NC(=O)[C@@H](Cc1ccc(F)c([N+](=O)[O-])c1)NC(=O)COCc1ccccc1. The molecule has 0 aliphatic heterocycles. The Balaban J connectivity index is 1.93. The number of carbonyl (C=O) groups excluding carboxylic acids is 2. The summed E-state index contributed by atoms with van der Waals surface area (Å²) in [5, 5.41) is 13.2. The van der Waals surface area contributed by atoms with E-state index in [2.05, 4.69) is 5.32 Å². The van der Waals surface area contributed by atoms with Crippen molar-refractivity contribution < 1.29 is 23.6 Å². The van der Waals surface area contributed by atoms with Crippen LogP contribution in [0.15, 0.2) is 48.5 Å². The van der Waals surface area contributed by atoms with Crippen LogP contribution in [0.5, 0.6) is 0 Å². The number of hydrogen-bond donors (Lipinski definition) is 2. The molecule has 0 heterocycles. The number of nitro groups is 1. The molecule has 0 aliphatic carbocycles. The van der Waals surface area contributed by atoms with Gasteiger partial charge in [-0.05, 0) is 17.2 Å². The molecule has 1 atom stereocenters. The molecule has 0 aromatic heterocycles. The second-order valence-corrected chi connectivity index (χ2v) is 5.75. The minimum Gasteiger partial charge on any atom is -0.368 e. The highest BCUT2D eigenvalue weighted by Gasteiger charge is 2.21. The van der Waals surface area contributed by atoms with E-state index in [1.807, 2.05) is 30.3 Å². The van der Waals surface area contributed by atoms with Crippen LogP contribution in [0.4, 0.5) is 10.1 Å². The predicted molar refractivity (Wildman–Crippen MR) is 94.0 cm³/mol. The lowest BCUT2D eigenvalue weighted by atomic mass is 10.0. The van der Waals surface area contributed by atoms with Crippen molar-refractivity contribution in [2.75, 3.05) is 6.61 Å². The number of nitrogens with two attached hydrogens (primary N) is 1. The van der Waals surface area contributed by atoms with Crippen molar-refractivity contribution in [2.24, 2.45) is 5.73 Å². The molecule has 0 spiro atoms. The fourth-order valence-corrected chi connectivity index (χ4v) is 2.36. The number of amides is 2. The first-order valence-electron chi connectivity index (χ1n) is 8.00. The molecule has 0 bridgehead atoms. The number of nitro benzene ring substituents is 1. The third kappa shape index (κ3) is 6.15. The summed E-state index contributed by atoms with van der Waals surface area (Å²) in [5.74, 6) is -2.37. The monoisotopic (exact) mass is 375 g/mol. The Kier molecular flexibility index (Phi) is 6.95. The average molecular weight is 375 g/mol. The Labute approximate surface area is 154 Å². The van der Waals surface area contributed by atoms with E-state index >= 15 is 0 Å². The van der Waals surface area contributed by atoms with Gasteiger partial charge < -0.3 is 15.8 Å². The molecular formula is C18H18FN3O5. The van der Waals surface area contributed by atoms with Gasteiger partial charge in [0, 0.05) is 12.5 Å². The van der Waals surface area contributed by atoms with Gasteiger partial charge in [-0.1, -0.05) is 36.4 Å². The van der Waals surface area contributed by atoms with Crippen LogP contribution in [-0.2, 0) is 27.4 Å². The Morgan fingerprint density at radius 2 is 1.89 bits per heavy atom. The first-order valence-corrected chi connectivity index (χ1v) is 8.00. The van der Waals surface area contributed by atoms with Crippen LogP contribution in [0, 0.1) is 15.9 Å².